The van der Waals surface area contributed by atoms with Gasteiger partial charge in [-0.25, -0.2) is 9.98 Å². The zero-order valence-electron chi connectivity index (χ0n) is 8.47. The van der Waals surface area contributed by atoms with Gasteiger partial charge < -0.3 is 15.4 Å². The van der Waals surface area contributed by atoms with Crippen molar-refractivity contribution in [2.75, 3.05) is 0 Å². The molecule has 0 fully saturated rings. The van der Waals surface area contributed by atoms with Crippen LogP contribution in [0.2, 0.25) is 0 Å². The highest BCUT2D eigenvalue weighted by Gasteiger charge is 2.36. The average Bonchev–Trinajstić information content (AvgIpc) is 2.67. The average molecular weight is 238 g/mol. The quantitative estimate of drug-likeness (QED) is 0.653. The van der Waals surface area contributed by atoms with Crippen LogP contribution in [-0.4, -0.2) is 31.9 Å². The van der Waals surface area contributed by atoms with E-state index in [0.29, 0.717) is 16.5 Å². The minimum Gasteiger partial charge on any atom is -0.481 e. The summed E-state index contributed by atoms with van der Waals surface area (Å²) in [6.45, 7) is 1.66. The summed E-state index contributed by atoms with van der Waals surface area (Å²) in [5, 5.41) is 12.3. The lowest BCUT2D eigenvalue weighted by molar-refractivity contribution is -0.140. The Morgan fingerprint density at radius 1 is 1.62 bits per heavy atom. The smallest absolute Gasteiger partial charge is 0.314 e. The molecule has 0 amide bonds. The molecule has 2 unspecified atom stereocenters. The van der Waals surface area contributed by atoms with E-state index >= 15 is 0 Å². The highest BCUT2D eigenvalue weighted by Crippen LogP contribution is 2.25. The third-order valence-corrected chi connectivity index (χ3v) is 2.67. The van der Waals surface area contributed by atoms with Crippen LogP contribution in [0.4, 0.5) is 0 Å². The van der Waals surface area contributed by atoms with E-state index in [1.807, 2.05) is 0 Å². The summed E-state index contributed by atoms with van der Waals surface area (Å²) in [6.07, 6.45) is 3.08. The third kappa shape index (κ3) is 1.81. The molecule has 16 heavy (non-hydrogen) atoms. The summed E-state index contributed by atoms with van der Waals surface area (Å²) in [5.74, 6) is -1.66. The number of imidazole rings is 1. The van der Waals surface area contributed by atoms with Crippen molar-refractivity contribution in [1.29, 1.82) is 0 Å². The standard InChI is InChI=1S/C9H10N4O2S/c1-4-6(8(14)15)7(13-9(16)12-4)5-2-10-3-11-5/h2-3,6-7H,1H3,(H,10,11)(H,13,16)(H,14,15). The summed E-state index contributed by atoms with van der Waals surface area (Å²) in [5.41, 5.74) is 1.18. The van der Waals surface area contributed by atoms with Gasteiger partial charge in [-0.1, -0.05) is 0 Å². The second-order valence-corrected chi connectivity index (χ2v) is 3.89. The second kappa shape index (κ2) is 4.01. The Hall–Kier alpha value is -1.76. The SMILES string of the molecule is CC1=NC(=S)NC(c2cnc[nH]2)C1C(=O)O. The summed E-state index contributed by atoms with van der Waals surface area (Å²) < 4.78 is 0. The Balaban J connectivity index is 2.40. The second-order valence-electron chi connectivity index (χ2n) is 3.50. The fourth-order valence-corrected chi connectivity index (χ4v) is 2.01. The van der Waals surface area contributed by atoms with Crippen molar-refractivity contribution >= 4 is 29.0 Å². The number of aliphatic imine (C=N–C) groups is 1. The van der Waals surface area contributed by atoms with Crippen LogP contribution in [-0.2, 0) is 4.79 Å². The molecule has 1 aliphatic heterocycles. The largest absolute Gasteiger partial charge is 0.481 e. The number of aromatic amines is 1. The lowest BCUT2D eigenvalue weighted by atomic mass is 9.92. The van der Waals surface area contributed by atoms with Gasteiger partial charge in [-0.05, 0) is 19.1 Å². The maximum Gasteiger partial charge on any atom is 0.314 e. The van der Waals surface area contributed by atoms with Crippen LogP contribution in [0.1, 0.15) is 18.7 Å². The van der Waals surface area contributed by atoms with Crippen molar-refractivity contribution in [3.63, 3.8) is 0 Å². The van der Waals surface area contributed by atoms with Crippen LogP contribution in [0.3, 0.4) is 0 Å². The lowest BCUT2D eigenvalue weighted by Crippen LogP contribution is -2.43. The monoisotopic (exact) mass is 238 g/mol. The minimum absolute atomic E-state index is 0.301. The molecule has 2 rings (SSSR count). The van der Waals surface area contributed by atoms with E-state index in [1.165, 1.54) is 6.33 Å². The number of hydrogen-bond acceptors (Lipinski definition) is 3. The van der Waals surface area contributed by atoms with Gasteiger partial charge >= 0.3 is 5.97 Å². The zero-order valence-corrected chi connectivity index (χ0v) is 9.28. The predicted octanol–water partition coefficient (Wildman–Crippen LogP) is 0.501. The number of H-pyrrole nitrogens is 1. The summed E-state index contributed by atoms with van der Waals surface area (Å²) in [7, 11) is 0. The van der Waals surface area contributed by atoms with Gasteiger partial charge in [-0.3, -0.25) is 4.79 Å². The minimum atomic E-state index is -0.934. The Morgan fingerprint density at radius 2 is 2.38 bits per heavy atom. The van der Waals surface area contributed by atoms with Crippen LogP contribution in [0.15, 0.2) is 17.5 Å². The van der Waals surface area contributed by atoms with Crippen molar-refractivity contribution in [2.24, 2.45) is 10.9 Å². The molecule has 0 saturated carbocycles. The molecule has 0 aliphatic carbocycles. The van der Waals surface area contributed by atoms with Crippen LogP contribution in [0, 0.1) is 5.92 Å². The zero-order chi connectivity index (χ0) is 11.7. The molecule has 7 heteroatoms. The fraction of sp³-hybridized carbons (Fsp3) is 0.333. The van der Waals surface area contributed by atoms with E-state index < -0.39 is 17.9 Å². The van der Waals surface area contributed by atoms with Gasteiger partial charge in [0.2, 0.25) is 0 Å². The highest BCUT2D eigenvalue weighted by molar-refractivity contribution is 7.80. The van der Waals surface area contributed by atoms with Gasteiger partial charge in [0.1, 0.15) is 5.92 Å². The molecular weight excluding hydrogens is 228 g/mol. The molecule has 1 aliphatic rings. The number of carboxylic acids is 1. The number of aromatic nitrogens is 2. The van der Waals surface area contributed by atoms with Crippen molar-refractivity contribution in [1.82, 2.24) is 15.3 Å². The molecule has 2 atom stereocenters. The first-order valence-corrected chi connectivity index (χ1v) is 5.07. The molecule has 0 aromatic carbocycles. The van der Waals surface area contributed by atoms with Crippen LogP contribution in [0.5, 0.6) is 0 Å². The topological polar surface area (TPSA) is 90.4 Å². The molecule has 1 aromatic heterocycles. The molecule has 0 saturated heterocycles. The van der Waals surface area contributed by atoms with E-state index in [4.69, 9.17) is 17.3 Å². The lowest BCUT2D eigenvalue weighted by Gasteiger charge is -2.28. The van der Waals surface area contributed by atoms with Crippen molar-refractivity contribution in [2.45, 2.75) is 13.0 Å². The molecule has 2 heterocycles. The van der Waals surface area contributed by atoms with Crippen LogP contribution in [0.25, 0.3) is 0 Å². The van der Waals surface area contributed by atoms with E-state index in [1.54, 1.807) is 13.1 Å². The van der Waals surface area contributed by atoms with E-state index in [9.17, 15) is 4.79 Å². The van der Waals surface area contributed by atoms with Crippen molar-refractivity contribution in [3.05, 3.63) is 18.2 Å². The number of nitrogens with zero attached hydrogens (tertiary/aromatic N) is 2. The number of rotatable bonds is 2. The maximum atomic E-state index is 11.2. The summed E-state index contributed by atoms with van der Waals surface area (Å²) in [6, 6.07) is -0.440. The van der Waals surface area contributed by atoms with Gasteiger partial charge in [0, 0.05) is 5.71 Å². The van der Waals surface area contributed by atoms with Gasteiger partial charge in [0.25, 0.3) is 0 Å². The molecule has 0 spiro atoms. The Bertz CT molecular complexity index is 454. The first-order chi connectivity index (χ1) is 7.59. The van der Waals surface area contributed by atoms with Crippen LogP contribution >= 0.6 is 12.2 Å². The molecule has 3 N–H and O–H groups in total. The van der Waals surface area contributed by atoms with Gasteiger partial charge in [0.15, 0.2) is 5.11 Å². The highest BCUT2D eigenvalue weighted by atomic mass is 32.1. The number of aliphatic carboxylic acids is 1. The molecule has 0 radical (unpaired) electrons. The Morgan fingerprint density at radius 3 is 2.94 bits per heavy atom. The number of hydrogen-bond donors (Lipinski definition) is 3. The molecule has 6 nitrogen and oxygen atoms in total. The molecule has 84 valence electrons. The van der Waals surface area contributed by atoms with Crippen molar-refractivity contribution in [3.8, 4) is 0 Å². The number of carboxylic acid groups (broad SMARTS) is 1. The Kier molecular flexibility index (Phi) is 2.69. The predicted molar refractivity (Wildman–Crippen MR) is 61.3 cm³/mol. The third-order valence-electron chi connectivity index (χ3n) is 2.46. The number of nitrogens with one attached hydrogen (secondary N) is 2. The molecule has 1 aromatic rings. The van der Waals surface area contributed by atoms with Crippen molar-refractivity contribution < 1.29 is 9.90 Å². The van der Waals surface area contributed by atoms with Crippen LogP contribution < -0.4 is 5.32 Å². The maximum absolute atomic E-state index is 11.2. The van der Waals surface area contributed by atoms with Gasteiger partial charge in [-0.15, -0.1) is 0 Å². The first kappa shape index (κ1) is 10.7. The summed E-state index contributed by atoms with van der Waals surface area (Å²) >= 11 is 4.95. The van der Waals surface area contributed by atoms with E-state index in [2.05, 4.69) is 20.3 Å². The number of carbonyl (C=O) groups is 1. The first-order valence-electron chi connectivity index (χ1n) is 4.66. The number of thiocarbonyl (C=S) groups is 1. The normalized spacial score (nSPS) is 24.8. The van der Waals surface area contributed by atoms with Gasteiger partial charge in [0.05, 0.1) is 24.3 Å². The summed E-state index contributed by atoms with van der Waals surface area (Å²) in [4.78, 5) is 21.9. The molecular formula is C9H10N4O2S. The fourth-order valence-electron chi connectivity index (χ4n) is 1.73. The van der Waals surface area contributed by atoms with E-state index in [0.717, 1.165) is 0 Å². The Labute approximate surface area is 96.8 Å². The van der Waals surface area contributed by atoms with E-state index in [-0.39, 0.29) is 0 Å². The molecule has 0 bridgehead atoms. The van der Waals surface area contributed by atoms with Gasteiger partial charge in [-0.2, -0.15) is 0 Å².